The molecule has 0 amide bonds. The molecule has 1 aromatic heterocycles. The van der Waals surface area contributed by atoms with E-state index in [0.717, 1.165) is 0 Å². The van der Waals surface area contributed by atoms with E-state index in [1.807, 2.05) is 0 Å². The maximum atomic E-state index is 13.0. The van der Waals surface area contributed by atoms with E-state index >= 15 is 0 Å². The first-order valence-electron chi connectivity index (χ1n) is 4.37. The summed E-state index contributed by atoms with van der Waals surface area (Å²) in [6, 6.07) is 0. The third-order valence-electron chi connectivity index (χ3n) is 1.87. The van der Waals surface area contributed by atoms with Gasteiger partial charge < -0.3 is 5.11 Å². The van der Waals surface area contributed by atoms with Gasteiger partial charge in [0.25, 0.3) is 5.95 Å². The lowest BCUT2D eigenvalue weighted by Gasteiger charge is -2.03. The number of aliphatic hydroxyl groups excluding tert-OH is 1. The van der Waals surface area contributed by atoms with Crippen LogP contribution in [0.1, 0.15) is 18.5 Å². The van der Waals surface area contributed by atoms with Crippen LogP contribution < -0.4 is 0 Å². The lowest BCUT2D eigenvalue weighted by atomic mass is 10.1. The number of rotatable bonds is 4. The maximum Gasteiger partial charge on any atom is 0.252 e. The summed E-state index contributed by atoms with van der Waals surface area (Å²) in [6.07, 6.45) is 0.646. The lowest BCUT2D eigenvalue weighted by Crippen LogP contribution is -2.06. The molecule has 1 heterocycles. The zero-order chi connectivity index (χ0) is 11.4. The van der Waals surface area contributed by atoms with Gasteiger partial charge in [0.1, 0.15) is 0 Å². The van der Waals surface area contributed by atoms with Crippen molar-refractivity contribution in [2.45, 2.75) is 19.3 Å². The fraction of sp³-hybridized carbons (Fsp3) is 0.444. The molecule has 84 valence electrons. The molecule has 0 aromatic carbocycles. The van der Waals surface area contributed by atoms with Gasteiger partial charge in [0.15, 0.2) is 5.82 Å². The van der Waals surface area contributed by atoms with Gasteiger partial charge in [-0.3, -0.25) is 0 Å². The van der Waals surface area contributed by atoms with E-state index in [4.69, 9.17) is 5.11 Å². The van der Waals surface area contributed by atoms with Crippen molar-refractivity contribution in [3.05, 3.63) is 29.1 Å². The first-order chi connectivity index (χ1) is 7.07. The molecule has 0 saturated carbocycles. The van der Waals surface area contributed by atoms with E-state index in [-0.39, 0.29) is 13.0 Å². The monoisotopic (exact) mass is 223 g/mol. The second-order valence-electron chi connectivity index (χ2n) is 2.97. The molecule has 0 unspecified atom stereocenters. The average molecular weight is 223 g/mol. The highest BCUT2D eigenvalue weighted by atomic mass is 19.2. The molecule has 0 bridgehead atoms. The number of halogens is 4. The largest absolute Gasteiger partial charge is 0.396 e. The molecule has 2 nitrogen and oxygen atoms in total. The van der Waals surface area contributed by atoms with Crippen molar-refractivity contribution in [3.8, 4) is 0 Å². The van der Waals surface area contributed by atoms with Gasteiger partial charge in [-0.1, -0.05) is 0 Å². The molecule has 1 rings (SSSR count). The Bertz CT molecular complexity index is 356. The fourth-order valence-corrected chi connectivity index (χ4v) is 1.10. The van der Waals surface area contributed by atoms with Crippen LogP contribution in [0, 0.1) is 23.4 Å². The Hall–Kier alpha value is -1.17. The van der Waals surface area contributed by atoms with Crippen LogP contribution in [-0.4, -0.2) is 16.7 Å². The van der Waals surface area contributed by atoms with Gasteiger partial charge in [-0.05, 0) is 19.3 Å². The molecule has 0 radical (unpaired) electrons. The molecule has 0 fully saturated rings. The normalized spacial score (nSPS) is 10.7. The highest BCUT2D eigenvalue weighted by Crippen LogP contribution is 2.16. The van der Waals surface area contributed by atoms with Crippen molar-refractivity contribution in [1.82, 2.24) is 4.98 Å². The molecule has 1 aromatic rings. The fourth-order valence-electron chi connectivity index (χ4n) is 1.10. The van der Waals surface area contributed by atoms with E-state index < -0.39 is 29.1 Å². The highest BCUT2D eigenvalue weighted by Gasteiger charge is 2.19. The molecule has 0 aliphatic carbocycles. The summed E-state index contributed by atoms with van der Waals surface area (Å²) in [5, 5.41) is 8.44. The Morgan fingerprint density at radius 3 is 2.20 bits per heavy atom. The minimum absolute atomic E-state index is 0.0412. The minimum Gasteiger partial charge on any atom is -0.396 e. The van der Waals surface area contributed by atoms with Gasteiger partial charge in [-0.15, -0.1) is 0 Å². The third kappa shape index (κ3) is 2.65. The van der Waals surface area contributed by atoms with Crippen molar-refractivity contribution in [3.63, 3.8) is 0 Å². The number of unbranched alkanes of at least 4 members (excludes halogenated alkanes) is 1. The lowest BCUT2D eigenvalue weighted by molar-refractivity contribution is 0.283. The standard InChI is InChI=1S/C9H9F4NO/c10-6-5(3-1-2-4-15)14-9(13)8(12)7(6)11/h15H,1-4H2. The van der Waals surface area contributed by atoms with Crippen LogP contribution in [0.2, 0.25) is 0 Å². The Morgan fingerprint density at radius 2 is 1.60 bits per heavy atom. The molecule has 0 atom stereocenters. The van der Waals surface area contributed by atoms with Crippen LogP contribution in [-0.2, 0) is 6.42 Å². The van der Waals surface area contributed by atoms with Gasteiger partial charge in [0.05, 0.1) is 5.69 Å². The van der Waals surface area contributed by atoms with Crippen LogP contribution in [0.15, 0.2) is 0 Å². The predicted octanol–water partition coefficient (Wildman–Crippen LogP) is 1.95. The van der Waals surface area contributed by atoms with Crippen molar-refractivity contribution >= 4 is 0 Å². The van der Waals surface area contributed by atoms with Crippen LogP contribution in [0.3, 0.4) is 0 Å². The number of aliphatic hydroxyl groups is 1. The summed E-state index contributed by atoms with van der Waals surface area (Å²) in [5.74, 6) is -6.86. The molecular weight excluding hydrogens is 214 g/mol. The van der Waals surface area contributed by atoms with Crippen molar-refractivity contribution in [2.75, 3.05) is 6.61 Å². The quantitative estimate of drug-likeness (QED) is 0.480. The summed E-state index contributed by atoms with van der Waals surface area (Å²) in [7, 11) is 0. The van der Waals surface area contributed by atoms with E-state index in [2.05, 4.69) is 4.98 Å². The Labute approximate surface area is 83.6 Å². The molecule has 6 heteroatoms. The Morgan fingerprint density at radius 1 is 0.933 bits per heavy atom. The van der Waals surface area contributed by atoms with E-state index in [0.29, 0.717) is 12.8 Å². The van der Waals surface area contributed by atoms with Crippen molar-refractivity contribution in [1.29, 1.82) is 0 Å². The number of pyridine rings is 1. The topological polar surface area (TPSA) is 33.1 Å². The van der Waals surface area contributed by atoms with Crippen LogP contribution in [0.5, 0.6) is 0 Å². The molecule has 0 aliphatic heterocycles. The van der Waals surface area contributed by atoms with E-state index in [1.165, 1.54) is 0 Å². The van der Waals surface area contributed by atoms with Gasteiger partial charge in [0, 0.05) is 6.61 Å². The second kappa shape index (κ2) is 5.06. The van der Waals surface area contributed by atoms with E-state index in [1.54, 1.807) is 0 Å². The first-order valence-corrected chi connectivity index (χ1v) is 4.37. The number of nitrogens with zero attached hydrogens (tertiary/aromatic N) is 1. The molecule has 0 aliphatic rings. The molecular formula is C9H9F4NO. The van der Waals surface area contributed by atoms with Crippen LogP contribution in [0.4, 0.5) is 17.6 Å². The van der Waals surface area contributed by atoms with Gasteiger partial charge in [-0.25, -0.2) is 13.8 Å². The maximum absolute atomic E-state index is 13.0. The minimum atomic E-state index is -1.90. The van der Waals surface area contributed by atoms with Crippen LogP contribution >= 0.6 is 0 Å². The first kappa shape index (κ1) is 11.9. The summed E-state index contributed by atoms with van der Waals surface area (Å²) < 4.78 is 50.7. The summed E-state index contributed by atoms with van der Waals surface area (Å²) in [4.78, 5) is 2.97. The molecule has 15 heavy (non-hydrogen) atoms. The number of hydrogen-bond acceptors (Lipinski definition) is 2. The molecule has 0 saturated heterocycles. The van der Waals surface area contributed by atoms with Gasteiger partial charge >= 0.3 is 0 Å². The number of hydrogen-bond donors (Lipinski definition) is 1. The molecule has 0 spiro atoms. The Balaban J connectivity index is 2.89. The van der Waals surface area contributed by atoms with Crippen molar-refractivity contribution < 1.29 is 22.7 Å². The third-order valence-corrected chi connectivity index (χ3v) is 1.87. The predicted molar refractivity (Wildman–Crippen MR) is 44.1 cm³/mol. The summed E-state index contributed by atoms with van der Waals surface area (Å²) >= 11 is 0. The Kier molecular flexibility index (Phi) is 4.02. The molecule has 1 N–H and O–H groups in total. The zero-order valence-electron chi connectivity index (χ0n) is 7.73. The van der Waals surface area contributed by atoms with Gasteiger partial charge in [0.2, 0.25) is 11.6 Å². The summed E-state index contributed by atoms with van der Waals surface area (Å²) in [5.41, 5.74) is -0.458. The number of aromatic nitrogens is 1. The SMILES string of the molecule is OCCCCc1nc(F)c(F)c(F)c1F. The van der Waals surface area contributed by atoms with Crippen LogP contribution in [0.25, 0.3) is 0 Å². The van der Waals surface area contributed by atoms with E-state index in [9.17, 15) is 17.6 Å². The zero-order valence-corrected chi connectivity index (χ0v) is 7.73. The second-order valence-corrected chi connectivity index (χ2v) is 2.97. The summed E-state index contributed by atoms with van der Waals surface area (Å²) in [6.45, 7) is -0.103. The number of aryl methyl sites for hydroxylation is 1. The van der Waals surface area contributed by atoms with Crippen molar-refractivity contribution in [2.24, 2.45) is 0 Å². The van der Waals surface area contributed by atoms with Gasteiger partial charge in [-0.2, -0.15) is 8.78 Å². The average Bonchev–Trinajstić information content (AvgIpc) is 2.23. The smallest absolute Gasteiger partial charge is 0.252 e. The highest BCUT2D eigenvalue weighted by molar-refractivity contribution is 5.12.